The first-order valence-electron chi connectivity index (χ1n) is 7.47. The van der Waals surface area contributed by atoms with E-state index in [1.54, 1.807) is 12.1 Å². The zero-order valence-corrected chi connectivity index (χ0v) is 14.6. The Kier molecular flexibility index (Phi) is 6.57. The van der Waals surface area contributed by atoms with Gasteiger partial charge >= 0.3 is 6.36 Å². The smallest absolute Gasteiger partial charge is 0.404 e. The molecule has 2 aromatic rings. The lowest BCUT2D eigenvalue weighted by Gasteiger charge is -2.23. The zero-order valence-electron chi connectivity index (χ0n) is 13.8. The van der Waals surface area contributed by atoms with Gasteiger partial charge < -0.3 is 9.47 Å². The number of pyridine rings is 1. The topological polar surface area (TPSA) is 68.7 Å². The van der Waals surface area contributed by atoms with Crippen molar-refractivity contribution in [1.82, 2.24) is 9.29 Å². The molecule has 0 atom stereocenters. The Labute approximate surface area is 149 Å². The number of nitrogens with zero attached hydrogens (tertiary/aromatic N) is 2. The highest BCUT2D eigenvalue weighted by Crippen LogP contribution is 2.31. The molecule has 6 nitrogen and oxygen atoms in total. The fraction of sp³-hybridized carbons (Fsp3) is 0.312. The maximum Gasteiger partial charge on any atom is 0.573 e. The average molecular weight is 390 g/mol. The summed E-state index contributed by atoms with van der Waals surface area (Å²) in [6.45, 7) is -0.0459. The highest BCUT2D eigenvalue weighted by atomic mass is 32.2. The van der Waals surface area contributed by atoms with Gasteiger partial charge in [-0.1, -0.05) is 18.2 Å². The van der Waals surface area contributed by atoms with Gasteiger partial charge in [0.15, 0.2) is 0 Å². The van der Waals surface area contributed by atoms with Crippen LogP contribution >= 0.6 is 0 Å². The van der Waals surface area contributed by atoms with Crippen LogP contribution in [0.5, 0.6) is 5.75 Å². The van der Waals surface area contributed by atoms with Gasteiger partial charge in [0.2, 0.25) is 10.0 Å². The van der Waals surface area contributed by atoms with Gasteiger partial charge in [0.25, 0.3) is 0 Å². The van der Waals surface area contributed by atoms with Gasteiger partial charge in [0.1, 0.15) is 10.6 Å². The molecular formula is C16H17F3N2O4S. The number of aromatic nitrogens is 1. The molecule has 0 radical (unpaired) electrons. The van der Waals surface area contributed by atoms with E-state index in [2.05, 4.69) is 9.72 Å². The Bertz CT molecular complexity index is 814. The van der Waals surface area contributed by atoms with Gasteiger partial charge in [0, 0.05) is 32.6 Å². The Morgan fingerprint density at radius 1 is 1.15 bits per heavy atom. The fourth-order valence-corrected chi connectivity index (χ4v) is 3.71. The van der Waals surface area contributed by atoms with Crippen LogP contribution < -0.4 is 4.74 Å². The van der Waals surface area contributed by atoms with Crippen LogP contribution in [0, 0.1) is 0 Å². The predicted octanol–water partition coefficient (Wildman–Crippen LogP) is 2.82. The number of benzene rings is 1. The quantitative estimate of drug-likeness (QED) is 0.693. The van der Waals surface area contributed by atoms with Crippen LogP contribution in [0.25, 0.3) is 0 Å². The molecule has 0 saturated heterocycles. The van der Waals surface area contributed by atoms with Crippen molar-refractivity contribution < 1.29 is 31.1 Å². The van der Waals surface area contributed by atoms with E-state index in [0.29, 0.717) is 5.56 Å². The van der Waals surface area contributed by atoms with E-state index in [9.17, 15) is 21.6 Å². The third-order valence-electron chi connectivity index (χ3n) is 3.32. The molecular weight excluding hydrogens is 373 g/mol. The van der Waals surface area contributed by atoms with Crippen molar-refractivity contribution >= 4 is 10.0 Å². The molecule has 0 aliphatic carbocycles. The summed E-state index contributed by atoms with van der Waals surface area (Å²) in [6.07, 6.45) is -2.00. The second-order valence-corrected chi connectivity index (χ2v) is 7.09. The third-order valence-corrected chi connectivity index (χ3v) is 5.20. The molecule has 1 aromatic carbocycles. The van der Waals surface area contributed by atoms with Crippen molar-refractivity contribution in [3.05, 3.63) is 54.4 Å². The summed E-state index contributed by atoms with van der Waals surface area (Å²) in [5.41, 5.74) is 0.585. The predicted molar refractivity (Wildman–Crippen MR) is 86.8 cm³/mol. The zero-order chi connectivity index (χ0) is 19.2. The van der Waals surface area contributed by atoms with Gasteiger partial charge in [-0.15, -0.1) is 13.2 Å². The number of hydrogen-bond donors (Lipinski definition) is 0. The largest absolute Gasteiger partial charge is 0.573 e. The number of hydrogen-bond acceptors (Lipinski definition) is 5. The fourth-order valence-electron chi connectivity index (χ4n) is 2.18. The first-order valence-corrected chi connectivity index (χ1v) is 8.91. The molecule has 0 N–H and O–H groups in total. The minimum atomic E-state index is -5.01. The van der Waals surface area contributed by atoms with Gasteiger partial charge in [-0.2, -0.15) is 4.31 Å². The van der Waals surface area contributed by atoms with E-state index in [4.69, 9.17) is 4.74 Å². The minimum Gasteiger partial charge on any atom is -0.404 e. The van der Waals surface area contributed by atoms with Crippen molar-refractivity contribution in [1.29, 1.82) is 0 Å². The monoisotopic (exact) mass is 390 g/mol. The minimum absolute atomic E-state index is 0.0475. The lowest BCUT2D eigenvalue weighted by atomic mass is 10.3. The number of rotatable bonds is 8. The molecule has 1 heterocycles. The standard InChI is InChI=1S/C16H17F3N2O4S/c1-24-10-9-21(12-13-5-4-8-20-11-13)26(22,23)15-7-3-2-6-14(15)25-16(17,18)19/h2-8,11H,9-10,12H2,1H3. The summed E-state index contributed by atoms with van der Waals surface area (Å²) >= 11 is 0. The molecule has 0 amide bonds. The molecule has 2 rings (SSSR count). The first kappa shape index (κ1) is 20.1. The molecule has 142 valence electrons. The highest BCUT2D eigenvalue weighted by molar-refractivity contribution is 7.89. The number of ether oxygens (including phenoxy) is 2. The van der Waals surface area contributed by atoms with Gasteiger partial charge in [0.05, 0.1) is 6.61 Å². The summed E-state index contributed by atoms with van der Waals surface area (Å²) < 4.78 is 73.5. The van der Waals surface area contributed by atoms with E-state index in [1.165, 1.54) is 31.6 Å². The van der Waals surface area contributed by atoms with Crippen LogP contribution in [0.15, 0.2) is 53.7 Å². The molecule has 0 aliphatic heterocycles. The third kappa shape index (κ3) is 5.41. The lowest BCUT2D eigenvalue weighted by Crippen LogP contribution is -2.34. The van der Waals surface area contributed by atoms with Crippen molar-refractivity contribution in [3.8, 4) is 5.75 Å². The van der Waals surface area contributed by atoms with Crippen LogP contribution in [0.2, 0.25) is 0 Å². The number of sulfonamides is 1. The van der Waals surface area contributed by atoms with Crippen molar-refractivity contribution in [2.24, 2.45) is 0 Å². The number of alkyl halides is 3. The van der Waals surface area contributed by atoms with Gasteiger partial charge in [-0.05, 0) is 23.8 Å². The maximum absolute atomic E-state index is 13.0. The second kappa shape index (κ2) is 8.47. The summed E-state index contributed by atoms with van der Waals surface area (Å²) in [6, 6.07) is 7.92. The Hall–Kier alpha value is -2.17. The second-order valence-electron chi connectivity index (χ2n) is 5.19. The number of methoxy groups -OCH3 is 1. The van der Waals surface area contributed by atoms with E-state index < -0.39 is 27.0 Å². The van der Waals surface area contributed by atoms with E-state index >= 15 is 0 Å². The SMILES string of the molecule is COCCN(Cc1cccnc1)S(=O)(=O)c1ccccc1OC(F)(F)F. The lowest BCUT2D eigenvalue weighted by molar-refractivity contribution is -0.275. The van der Waals surface area contributed by atoms with Crippen LogP contribution in [-0.2, 0) is 21.3 Å². The van der Waals surface area contributed by atoms with Crippen molar-refractivity contribution in [2.45, 2.75) is 17.8 Å². The summed E-state index contributed by atoms with van der Waals surface area (Å²) in [5.74, 6) is -0.784. The average Bonchev–Trinajstić information content (AvgIpc) is 2.58. The van der Waals surface area contributed by atoms with E-state index in [-0.39, 0.29) is 19.7 Å². The molecule has 26 heavy (non-hydrogen) atoms. The molecule has 1 aromatic heterocycles. The van der Waals surface area contributed by atoms with Crippen LogP contribution in [0.3, 0.4) is 0 Å². The first-order chi connectivity index (χ1) is 12.2. The molecule has 10 heteroatoms. The molecule has 0 fully saturated rings. The molecule has 0 saturated carbocycles. The highest BCUT2D eigenvalue weighted by Gasteiger charge is 2.35. The van der Waals surface area contributed by atoms with E-state index in [0.717, 1.165) is 16.4 Å². The van der Waals surface area contributed by atoms with Gasteiger partial charge in [-0.3, -0.25) is 4.98 Å². The summed E-state index contributed by atoms with van der Waals surface area (Å²) in [4.78, 5) is 3.34. The van der Waals surface area contributed by atoms with Crippen LogP contribution in [0.1, 0.15) is 5.56 Å². The van der Waals surface area contributed by atoms with Gasteiger partial charge in [-0.25, -0.2) is 8.42 Å². The molecule has 0 aliphatic rings. The summed E-state index contributed by atoms with van der Waals surface area (Å²) in [7, 11) is -2.88. The van der Waals surface area contributed by atoms with Crippen LogP contribution in [0.4, 0.5) is 13.2 Å². The Balaban J connectivity index is 2.40. The van der Waals surface area contributed by atoms with Crippen molar-refractivity contribution in [2.75, 3.05) is 20.3 Å². The molecule has 0 unspecified atom stereocenters. The van der Waals surface area contributed by atoms with E-state index in [1.807, 2.05) is 0 Å². The maximum atomic E-state index is 13.0. The Morgan fingerprint density at radius 3 is 2.50 bits per heavy atom. The normalized spacial score (nSPS) is 12.3. The summed E-state index contributed by atoms with van der Waals surface area (Å²) in [5, 5.41) is 0. The van der Waals surface area contributed by atoms with Crippen molar-refractivity contribution in [3.63, 3.8) is 0 Å². The number of halogens is 3. The molecule has 0 spiro atoms. The number of para-hydroxylation sites is 1. The van der Waals surface area contributed by atoms with Crippen LogP contribution in [-0.4, -0.2) is 44.3 Å². The Morgan fingerprint density at radius 2 is 1.88 bits per heavy atom. The molecule has 0 bridgehead atoms.